The van der Waals surface area contributed by atoms with E-state index in [1.807, 2.05) is 32.9 Å². The maximum Gasteiger partial charge on any atom is 0.260 e. The van der Waals surface area contributed by atoms with Gasteiger partial charge in [-0.05, 0) is 58.1 Å². The van der Waals surface area contributed by atoms with E-state index < -0.39 is 0 Å². The molecule has 0 unspecified atom stereocenters. The van der Waals surface area contributed by atoms with Crippen molar-refractivity contribution < 1.29 is 28.5 Å². The molecule has 0 saturated heterocycles. The van der Waals surface area contributed by atoms with Gasteiger partial charge in [-0.2, -0.15) is 0 Å². The monoisotopic (exact) mass is 581 g/mol. The molecular formula is C28H40ClN3O6S. The number of benzene rings is 2. The van der Waals surface area contributed by atoms with E-state index in [1.165, 1.54) is 11.3 Å². The maximum absolute atomic E-state index is 14.2. The number of carbonyl (C=O) groups excluding carboxylic acids is 1. The minimum atomic E-state index is -0.209. The maximum atomic E-state index is 14.2. The zero-order chi connectivity index (χ0) is 27.7. The molecule has 0 fully saturated rings. The summed E-state index contributed by atoms with van der Waals surface area (Å²) in [5, 5.41) is 0.560. The SMILES string of the molecule is CCOc1cc(C(=O)N(CCN(CC)CC)c2nc3c(OC)ccc(OC)c3s2)cc(OCC)c1OCC.Cl. The van der Waals surface area contributed by atoms with Crippen LogP contribution in [0.15, 0.2) is 24.3 Å². The fourth-order valence-corrected chi connectivity index (χ4v) is 5.22. The van der Waals surface area contributed by atoms with Crippen molar-refractivity contribution in [3.05, 3.63) is 29.8 Å². The Kier molecular flexibility index (Phi) is 12.9. The average molecular weight is 582 g/mol. The number of methoxy groups -OCH3 is 2. The molecule has 0 aliphatic carbocycles. The molecule has 1 heterocycles. The van der Waals surface area contributed by atoms with Crippen molar-refractivity contribution in [3.8, 4) is 28.7 Å². The number of ether oxygens (including phenoxy) is 5. The number of likely N-dealkylation sites (N-methyl/N-ethyl adjacent to an activating group) is 1. The molecule has 1 aromatic heterocycles. The summed E-state index contributed by atoms with van der Waals surface area (Å²) in [6, 6.07) is 7.11. The number of halogens is 1. The molecule has 9 nitrogen and oxygen atoms in total. The highest BCUT2D eigenvalue weighted by Crippen LogP contribution is 2.42. The van der Waals surface area contributed by atoms with Crippen LogP contribution in [0.5, 0.6) is 28.7 Å². The second kappa shape index (κ2) is 15.6. The van der Waals surface area contributed by atoms with E-state index >= 15 is 0 Å². The van der Waals surface area contributed by atoms with Crippen LogP contribution in [0.2, 0.25) is 0 Å². The zero-order valence-corrected chi connectivity index (χ0v) is 25.5. The van der Waals surface area contributed by atoms with E-state index in [1.54, 1.807) is 31.3 Å². The summed E-state index contributed by atoms with van der Waals surface area (Å²) in [6.07, 6.45) is 0. The summed E-state index contributed by atoms with van der Waals surface area (Å²) in [7, 11) is 3.22. The highest BCUT2D eigenvalue weighted by atomic mass is 35.5. The van der Waals surface area contributed by atoms with Gasteiger partial charge >= 0.3 is 0 Å². The smallest absolute Gasteiger partial charge is 0.260 e. The Bertz CT molecular complexity index is 1150. The summed E-state index contributed by atoms with van der Waals surface area (Å²) >= 11 is 1.40. The molecule has 0 bridgehead atoms. The van der Waals surface area contributed by atoms with Crippen molar-refractivity contribution in [1.82, 2.24) is 9.88 Å². The third kappa shape index (κ3) is 7.38. The van der Waals surface area contributed by atoms with E-state index in [4.69, 9.17) is 28.7 Å². The standard InChI is InChI=1S/C28H39N3O6S.ClH/c1-8-30(9-2)15-16-31(28-29-24-20(33-6)13-14-21(34-7)26(24)38-28)27(32)19-17-22(35-10-3)25(37-12-5)23(18-19)36-11-4;/h13-14,17-18H,8-12,15-16H2,1-7H3;1H. The van der Waals surface area contributed by atoms with Gasteiger partial charge in [0.25, 0.3) is 5.91 Å². The van der Waals surface area contributed by atoms with Crippen LogP contribution in [-0.2, 0) is 0 Å². The molecule has 0 aliphatic rings. The molecule has 0 spiro atoms. The molecule has 0 saturated carbocycles. The van der Waals surface area contributed by atoms with Crippen molar-refractivity contribution in [2.24, 2.45) is 0 Å². The lowest BCUT2D eigenvalue weighted by molar-refractivity contribution is 0.0982. The van der Waals surface area contributed by atoms with Crippen LogP contribution in [-0.4, -0.2) is 76.0 Å². The molecule has 11 heteroatoms. The molecule has 216 valence electrons. The second-order valence-corrected chi connectivity index (χ2v) is 9.21. The summed E-state index contributed by atoms with van der Waals surface area (Å²) in [5.41, 5.74) is 1.09. The number of hydrogen-bond donors (Lipinski definition) is 0. The lowest BCUT2D eigenvalue weighted by Crippen LogP contribution is -2.39. The number of thiazole rings is 1. The highest BCUT2D eigenvalue weighted by Gasteiger charge is 2.27. The van der Waals surface area contributed by atoms with Gasteiger partial charge in [0.1, 0.15) is 21.7 Å². The molecule has 0 N–H and O–H groups in total. The first-order valence-corrected chi connectivity index (χ1v) is 13.9. The van der Waals surface area contributed by atoms with E-state index in [9.17, 15) is 4.79 Å². The number of hydrogen-bond acceptors (Lipinski definition) is 9. The van der Waals surface area contributed by atoms with Crippen LogP contribution in [0, 0.1) is 0 Å². The number of fused-ring (bicyclic) bond motifs is 1. The predicted molar refractivity (Wildman–Crippen MR) is 159 cm³/mol. The quantitative estimate of drug-likeness (QED) is 0.219. The number of amides is 1. The molecule has 39 heavy (non-hydrogen) atoms. The lowest BCUT2D eigenvalue weighted by atomic mass is 10.1. The van der Waals surface area contributed by atoms with Crippen molar-refractivity contribution in [2.75, 3.05) is 65.1 Å². The fraction of sp³-hybridized carbons (Fsp3) is 0.500. The van der Waals surface area contributed by atoms with E-state index in [0.29, 0.717) is 77.9 Å². The summed E-state index contributed by atoms with van der Waals surface area (Å²) in [4.78, 5) is 23.0. The molecule has 0 radical (unpaired) electrons. The van der Waals surface area contributed by atoms with E-state index in [0.717, 1.165) is 17.8 Å². The van der Waals surface area contributed by atoms with Gasteiger partial charge in [0.15, 0.2) is 16.6 Å². The van der Waals surface area contributed by atoms with Crippen LogP contribution in [0.4, 0.5) is 5.13 Å². The van der Waals surface area contributed by atoms with Gasteiger partial charge in [-0.3, -0.25) is 9.69 Å². The summed E-state index contributed by atoms with van der Waals surface area (Å²) < 4.78 is 29.5. The van der Waals surface area contributed by atoms with Crippen LogP contribution in [0.1, 0.15) is 45.0 Å². The Morgan fingerprint density at radius 3 is 1.90 bits per heavy atom. The van der Waals surface area contributed by atoms with Gasteiger partial charge in [-0.1, -0.05) is 25.2 Å². The van der Waals surface area contributed by atoms with Crippen LogP contribution in [0.25, 0.3) is 10.2 Å². The Balaban J connectivity index is 0.00000533. The molecule has 3 aromatic rings. The topological polar surface area (TPSA) is 82.6 Å². The van der Waals surface area contributed by atoms with E-state index in [2.05, 4.69) is 18.7 Å². The van der Waals surface area contributed by atoms with Gasteiger partial charge in [0, 0.05) is 18.7 Å². The zero-order valence-electron chi connectivity index (χ0n) is 23.9. The van der Waals surface area contributed by atoms with Crippen molar-refractivity contribution in [2.45, 2.75) is 34.6 Å². The largest absolute Gasteiger partial charge is 0.495 e. The van der Waals surface area contributed by atoms with Crippen LogP contribution in [0.3, 0.4) is 0 Å². The number of nitrogens with zero attached hydrogens (tertiary/aromatic N) is 3. The van der Waals surface area contributed by atoms with E-state index in [-0.39, 0.29) is 18.3 Å². The molecule has 0 atom stereocenters. The molecule has 0 aliphatic heterocycles. The second-order valence-electron chi connectivity index (χ2n) is 8.23. The van der Waals surface area contributed by atoms with Gasteiger partial charge in [0.05, 0.1) is 34.0 Å². The molecule has 1 amide bonds. The summed E-state index contributed by atoms with van der Waals surface area (Å²) in [6.45, 7) is 14.1. The van der Waals surface area contributed by atoms with Gasteiger partial charge in [-0.25, -0.2) is 4.98 Å². The lowest BCUT2D eigenvalue weighted by Gasteiger charge is -2.25. The number of carbonyl (C=O) groups is 1. The third-order valence-electron chi connectivity index (χ3n) is 6.07. The predicted octanol–water partition coefficient (Wildman–Crippen LogP) is 5.92. The number of anilines is 1. The first-order valence-electron chi connectivity index (χ1n) is 13.1. The first kappa shape index (κ1) is 32.3. The highest BCUT2D eigenvalue weighted by molar-refractivity contribution is 7.22. The van der Waals surface area contributed by atoms with Crippen molar-refractivity contribution >= 4 is 45.0 Å². The number of rotatable bonds is 15. The Morgan fingerprint density at radius 2 is 1.38 bits per heavy atom. The van der Waals surface area contributed by atoms with Gasteiger partial charge in [0.2, 0.25) is 5.75 Å². The van der Waals surface area contributed by atoms with Gasteiger partial charge < -0.3 is 28.6 Å². The van der Waals surface area contributed by atoms with Crippen LogP contribution < -0.4 is 28.6 Å². The Labute approximate surface area is 241 Å². The Hall–Kier alpha value is -2.95. The molecular weight excluding hydrogens is 542 g/mol. The van der Waals surface area contributed by atoms with Crippen LogP contribution >= 0.6 is 23.7 Å². The minimum absolute atomic E-state index is 0. The van der Waals surface area contributed by atoms with Crippen molar-refractivity contribution in [3.63, 3.8) is 0 Å². The minimum Gasteiger partial charge on any atom is -0.495 e. The van der Waals surface area contributed by atoms with Crippen molar-refractivity contribution in [1.29, 1.82) is 0 Å². The Morgan fingerprint density at radius 1 is 0.821 bits per heavy atom. The first-order chi connectivity index (χ1) is 18.5. The fourth-order valence-electron chi connectivity index (χ4n) is 4.12. The van der Waals surface area contributed by atoms with Gasteiger partial charge in [-0.15, -0.1) is 12.4 Å². The normalized spacial score (nSPS) is 10.8. The average Bonchev–Trinajstić information content (AvgIpc) is 3.37. The summed E-state index contributed by atoms with van der Waals surface area (Å²) in [5.74, 6) is 2.53. The third-order valence-corrected chi connectivity index (χ3v) is 7.16. The molecule has 2 aromatic carbocycles. The molecule has 3 rings (SSSR count). The number of aromatic nitrogens is 1.